The number of benzene rings is 9. The summed E-state index contributed by atoms with van der Waals surface area (Å²) < 4.78 is 14.4. The zero-order chi connectivity index (χ0) is 38.2. The fraction of sp³-hybridized carbons (Fsp3) is 0.0943. The summed E-state index contributed by atoms with van der Waals surface area (Å²) in [6.45, 7) is 8.98. The van der Waals surface area contributed by atoms with Gasteiger partial charge in [-0.3, -0.25) is 0 Å². The van der Waals surface area contributed by atoms with Crippen molar-refractivity contribution in [3.05, 3.63) is 180 Å². The lowest BCUT2D eigenvalue weighted by Gasteiger charge is -2.37. The summed E-state index contributed by atoms with van der Waals surface area (Å²) in [5, 5.41) is 7.25. The molecule has 2 aliphatic heterocycles. The van der Waals surface area contributed by atoms with Gasteiger partial charge in [0.15, 0.2) is 0 Å². The molecule has 0 saturated carbocycles. The number of nitrogens with zero attached hydrogens (tertiary/aromatic N) is 1. The average molecular weight is 732 g/mol. The molecule has 12 rings (SSSR count). The third-order valence-corrected chi connectivity index (χ3v) is 12.9. The van der Waals surface area contributed by atoms with E-state index < -0.39 is 5.41 Å². The maximum Gasteiger partial charge on any atom is 0.262 e. The van der Waals surface area contributed by atoms with Gasteiger partial charge in [-0.25, -0.2) is 0 Å². The van der Waals surface area contributed by atoms with Gasteiger partial charge in [-0.2, -0.15) is 0 Å². The zero-order valence-corrected chi connectivity index (χ0v) is 32.4. The van der Waals surface area contributed by atoms with Crippen LogP contribution in [0, 0.1) is 13.8 Å². The molecule has 0 radical (unpaired) electrons. The number of hydrogen-bond donors (Lipinski definition) is 0. The number of aryl methyl sites for hydroxylation is 2. The predicted molar refractivity (Wildman–Crippen MR) is 238 cm³/mol. The Hall–Kier alpha value is -6.78. The predicted octanol–water partition coefficient (Wildman–Crippen LogP) is 12.3. The lowest BCUT2D eigenvalue weighted by molar-refractivity contribution is 0.454. The monoisotopic (exact) mass is 731 g/mol. The number of hydrogen-bond acceptors (Lipinski definition) is 3. The second-order valence-electron chi connectivity index (χ2n) is 16.6. The van der Waals surface area contributed by atoms with E-state index in [1.165, 1.54) is 76.6 Å². The second kappa shape index (κ2) is 11.6. The summed E-state index contributed by atoms with van der Waals surface area (Å²) in [6, 6.07) is 57.6. The largest absolute Gasteiger partial charge is 0.458 e. The Balaban J connectivity index is 1.15. The Labute approximate surface area is 332 Å². The molecule has 0 saturated heterocycles. The van der Waals surface area contributed by atoms with Crippen LogP contribution < -0.4 is 30.8 Å². The van der Waals surface area contributed by atoms with Crippen molar-refractivity contribution < 1.29 is 9.47 Å². The van der Waals surface area contributed by atoms with Gasteiger partial charge in [-0.1, -0.05) is 134 Å². The number of ether oxygens (including phenoxy) is 2. The molecule has 9 aromatic carbocycles. The molecule has 0 unspecified atom stereocenters. The first-order valence-corrected chi connectivity index (χ1v) is 20.0. The number of fused-ring (bicyclic) bond motifs is 14. The maximum absolute atomic E-state index is 7.33. The Morgan fingerprint density at radius 2 is 1.02 bits per heavy atom. The molecule has 2 heterocycles. The van der Waals surface area contributed by atoms with E-state index >= 15 is 0 Å². The number of anilines is 3. The summed E-state index contributed by atoms with van der Waals surface area (Å²) in [5.41, 5.74) is 13.9. The smallest absolute Gasteiger partial charge is 0.262 e. The number of rotatable bonds is 3. The van der Waals surface area contributed by atoms with Crippen LogP contribution in [0.4, 0.5) is 17.1 Å². The van der Waals surface area contributed by atoms with Crippen LogP contribution in [0.25, 0.3) is 43.4 Å². The zero-order valence-electron chi connectivity index (χ0n) is 32.4. The highest BCUT2D eigenvalue weighted by atomic mass is 16.5. The van der Waals surface area contributed by atoms with Crippen LogP contribution in [0.3, 0.4) is 0 Å². The molecule has 270 valence electrons. The van der Waals surface area contributed by atoms with Crippen molar-refractivity contribution in [1.82, 2.24) is 0 Å². The van der Waals surface area contributed by atoms with E-state index in [-0.39, 0.29) is 6.71 Å². The van der Waals surface area contributed by atoms with Gasteiger partial charge < -0.3 is 14.4 Å². The molecule has 3 aliphatic rings. The first-order chi connectivity index (χ1) is 27.8. The molecule has 0 N–H and O–H groups in total. The first kappa shape index (κ1) is 32.5. The molecule has 0 bridgehead atoms. The molecule has 0 amide bonds. The molecule has 0 atom stereocenters. The van der Waals surface area contributed by atoms with Crippen molar-refractivity contribution >= 4 is 72.5 Å². The van der Waals surface area contributed by atoms with Gasteiger partial charge in [0.05, 0.1) is 5.69 Å². The highest BCUT2D eigenvalue weighted by Crippen LogP contribution is 2.59. The summed E-state index contributed by atoms with van der Waals surface area (Å²) in [7, 11) is 0. The van der Waals surface area contributed by atoms with Crippen LogP contribution in [0.2, 0.25) is 0 Å². The molecule has 0 spiro atoms. The quantitative estimate of drug-likeness (QED) is 0.169. The third kappa shape index (κ3) is 4.50. The van der Waals surface area contributed by atoms with E-state index in [4.69, 9.17) is 9.47 Å². The molecule has 57 heavy (non-hydrogen) atoms. The van der Waals surface area contributed by atoms with E-state index in [0.717, 1.165) is 45.5 Å². The van der Waals surface area contributed by atoms with Crippen LogP contribution in [0.15, 0.2) is 158 Å². The first-order valence-electron chi connectivity index (χ1n) is 20.0. The van der Waals surface area contributed by atoms with Gasteiger partial charge in [0.25, 0.3) is 6.71 Å². The summed E-state index contributed by atoms with van der Waals surface area (Å²) >= 11 is 0. The minimum Gasteiger partial charge on any atom is -0.458 e. The molecule has 1 aliphatic carbocycles. The summed E-state index contributed by atoms with van der Waals surface area (Å²) in [5.74, 6) is 3.61. The summed E-state index contributed by atoms with van der Waals surface area (Å²) in [6.07, 6.45) is 0. The van der Waals surface area contributed by atoms with Crippen LogP contribution >= 0.6 is 0 Å². The van der Waals surface area contributed by atoms with Crippen LogP contribution in [-0.4, -0.2) is 6.71 Å². The van der Waals surface area contributed by atoms with Gasteiger partial charge in [0.1, 0.15) is 23.0 Å². The van der Waals surface area contributed by atoms with Crippen molar-refractivity contribution in [3.8, 4) is 34.1 Å². The van der Waals surface area contributed by atoms with E-state index in [2.05, 4.69) is 190 Å². The minimum absolute atomic E-state index is 0.0737. The van der Waals surface area contributed by atoms with Crippen molar-refractivity contribution in [3.63, 3.8) is 0 Å². The van der Waals surface area contributed by atoms with Gasteiger partial charge in [-0.15, -0.1) is 0 Å². The SMILES string of the molecule is Cc1ccc(N(c2ccc(C)cc2)c2cc3c(c4ccccc24)-c2cc4c5c(c2C3(C)C)Oc2ccc3ccccc3c2B5c2c(ccc3ccccc23)O4)cc1. The van der Waals surface area contributed by atoms with Crippen LogP contribution in [0.1, 0.15) is 36.1 Å². The lowest BCUT2D eigenvalue weighted by atomic mass is 9.33. The fourth-order valence-electron chi connectivity index (χ4n) is 10.2. The Bertz CT molecular complexity index is 3090. The minimum atomic E-state index is -0.405. The average Bonchev–Trinajstić information content (AvgIpc) is 3.47. The van der Waals surface area contributed by atoms with Gasteiger partial charge in [0.2, 0.25) is 0 Å². The highest BCUT2D eigenvalue weighted by Gasteiger charge is 2.49. The van der Waals surface area contributed by atoms with Crippen LogP contribution in [-0.2, 0) is 5.41 Å². The normalized spacial score (nSPS) is 14.0. The topological polar surface area (TPSA) is 21.7 Å². The molecule has 0 aromatic heterocycles. The van der Waals surface area contributed by atoms with Crippen molar-refractivity contribution in [2.75, 3.05) is 4.90 Å². The molecule has 0 fully saturated rings. The highest BCUT2D eigenvalue weighted by molar-refractivity contribution is 7.01. The van der Waals surface area contributed by atoms with E-state index in [0.29, 0.717) is 0 Å². The van der Waals surface area contributed by atoms with Crippen molar-refractivity contribution in [2.24, 2.45) is 0 Å². The lowest BCUT2D eigenvalue weighted by Crippen LogP contribution is -2.58. The summed E-state index contributed by atoms with van der Waals surface area (Å²) in [4.78, 5) is 2.42. The van der Waals surface area contributed by atoms with E-state index in [1.54, 1.807) is 0 Å². The van der Waals surface area contributed by atoms with Gasteiger partial charge in [0, 0.05) is 33.2 Å². The molecule has 4 heteroatoms. The van der Waals surface area contributed by atoms with Gasteiger partial charge >= 0.3 is 0 Å². The molecular formula is C53H38BNO2. The van der Waals surface area contributed by atoms with Crippen LogP contribution in [0.5, 0.6) is 23.0 Å². The van der Waals surface area contributed by atoms with E-state index in [9.17, 15) is 0 Å². The third-order valence-electron chi connectivity index (χ3n) is 12.9. The molecular weight excluding hydrogens is 693 g/mol. The molecule has 9 aromatic rings. The second-order valence-corrected chi connectivity index (χ2v) is 16.6. The Morgan fingerprint density at radius 1 is 0.491 bits per heavy atom. The fourth-order valence-corrected chi connectivity index (χ4v) is 10.2. The van der Waals surface area contributed by atoms with E-state index in [1.807, 2.05) is 0 Å². The molecule has 3 nitrogen and oxygen atoms in total. The Morgan fingerprint density at radius 3 is 1.61 bits per heavy atom. The maximum atomic E-state index is 7.33. The standard InChI is InChI=1S/C53H38BNO2/c1-31-17-23-35(24-18-31)55(36-25-19-32(2)20-26-36)43-30-42-47(40-16-10-9-15-39(40)43)41-29-46-51-52(48(41)53(42,3)4)57-45-28-22-34-12-6-8-14-38(34)50(45)54(51)49-37-13-7-5-11-33(37)21-27-44(49)56-46/h5-30H,1-4H3. The van der Waals surface area contributed by atoms with Crippen molar-refractivity contribution in [2.45, 2.75) is 33.1 Å². The van der Waals surface area contributed by atoms with Crippen molar-refractivity contribution in [1.29, 1.82) is 0 Å². The Kier molecular flexibility index (Phi) is 6.62. The van der Waals surface area contributed by atoms with Gasteiger partial charge in [-0.05, 0) is 117 Å².